The SMILES string of the molecule is CN(Sc1ccccc1)C(=O)NC(=O)c1ccc(Cl)cc1. The van der Waals surface area contributed by atoms with Crippen LogP contribution in [0.15, 0.2) is 59.5 Å². The van der Waals surface area contributed by atoms with Crippen molar-refractivity contribution >= 4 is 35.5 Å². The van der Waals surface area contributed by atoms with Gasteiger partial charge in [-0.15, -0.1) is 0 Å². The highest BCUT2D eigenvalue weighted by Crippen LogP contribution is 2.20. The van der Waals surface area contributed by atoms with Crippen LogP contribution >= 0.6 is 23.5 Å². The summed E-state index contributed by atoms with van der Waals surface area (Å²) in [5.74, 6) is -0.461. The zero-order valence-electron chi connectivity index (χ0n) is 11.2. The molecule has 0 aliphatic carbocycles. The molecule has 0 fully saturated rings. The molecular formula is C15H13ClN2O2S. The summed E-state index contributed by atoms with van der Waals surface area (Å²) in [5.41, 5.74) is 0.380. The largest absolute Gasteiger partial charge is 0.334 e. The van der Waals surface area contributed by atoms with Gasteiger partial charge < -0.3 is 0 Å². The number of urea groups is 1. The van der Waals surface area contributed by atoms with E-state index >= 15 is 0 Å². The Kier molecular flexibility index (Phi) is 5.25. The quantitative estimate of drug-likeness (QED) is 0.874. The van der Waals surface area contributed by atoms with Crippen molar-refractivity contribution < 1.29 is 9.59 Å². The molecule has 1 N–H and O–H groups in total. The number of benzene rings is 2. The monoisotopic (exact) mass is 320 g/mol. The van der Waals surface area contributed by atoms with E-state index in [4.69, 9.17) is 11.6 Å². The van der Waals surface area contributed by atoms with Crippen molar-refractivity contribution in [2.24, 2.45) is 0 Å². The number of nitrogens with one attached hydrogen (secondary N) is 1. The van der Waals surface area contributed by atoms with Crippen molar-refractivity contribution in [1.29, 1.82) is 0 Å². The van der Waals surface area contributed by atoms with Crippen LogP contribution in [-0.2, 0) is 0 Å². The van der Waals surface area contributed by atoms with Gasteiger partial charge in [0.2, 0.25) is 0 Å². The molecule has 0 saturated heterocycles. The number of rotatable bonds is 3. The van der Waals surface area contributed by atoms with Crippen LogP contribution in [-0.4, -0.2) is 23.3 Å². The first-order chi connectivity index (χ1) is 10.1. The molecule has 0 unspecified atom stereocenters. The Labute approximate surface area is 132 Å². The molecule has 6 heteroatoms. The van der Waals surface area contributed by atoms with Gasteiger partial charge in [-0.2, -0.15) is 0 Å². The predicted molar refractivity (Wildman–Crippen MR) is 84.4 cm³/mol. The average molecular weight is 321 g/mol. The molecule has 0 bridgehead atoms. The number of nitrogens with zero attached hydrogens (tertiary/aromatic N) is 1. The number of imide groups is 1. The molecule has 0 atom stereocenters. The number of hydrogen-bond donors (Lipinski definition) is 1. The Morgan fingerprint density at radius 3 is 2.29 bits per heavy atom. The fourth-order valence-electron chi connectivity index (χ4n) is 1.53. The highest BCUT2D eigenvalue weighted by atomic mass is 35.5. The van der Waals surface area contributed by atoms with Crippen LogP contribution in [0.2, 0.25) is 5.02 Å². The normalized spacial score (nSPS) is 10.0. The van der Waals surface area contributed by atoms with Gasteiger partial charge in [-0.1, -0.05) is 29.8 Å². The van der Waals surface area contributed by atoms with E-state index in [1.807, 2.05) is 30.3 Å². The van der Waals surface area contributed by atoms with Crippen LogP contribution in [0, 0.1) is 0 Å². The van der Waals surface area contributed by atoms with E-state index in [0.717, 1.165) is 4.90 Å². The summed E-state index contributed by atoms with van der Waals surface area (Å²) < 4.78 is 1.36. The summed E-state index contributed by atoms with van der Waals surface area (Å²) in [7, 11) is 1.60. The summed E-state index contributed by atoms with van der Waals surface area (Å²) in [6.45, 7) is 0. The third-order valence-corrected chi connectivity index (χ3v) is 3.77. The summed E-state index contributed by atoms with van der Waals surface area (Å²) in [5, 5.41) is 2.86. The van der Waals surface area contributed by atoms with Crippen LogP contribution in [0.5, 0.6) is 0 Å². The summed E-state index contributed by atoms with van der Waals surface area (Å²) in [6, 6.07) is 15.3. The number of carbonyl (C=O) groups is 2. The Morgan fingerprint density at radius 1 is 1.05 bits per heavy atom. The van der Waals surface area contributed by atoms with Crippen molar-refractivity contribution in [1.82, 2.24) is 9.62 Å². The molecule has 21 heavy (non-hydrogen) atoms. The Balaban J connectivity index is 1.94. The minimum absolute atomic E-state index is 0.380. The lowest BCUT2D eigenvalue weighted by Gasteiger charge is -2.15. The van der Waals surface area contributed by atoms with Crippen LogP contribution in [0.1, 0.15) is 10.4 Å². The molecule has 2 aromatic rings. The summed E-state index contributed by atoms with van der Waals surface area (Å²) in [6.07, 6.45) is 0. The first-order valence-corrected chi connectivity index (χ1v) is 7.29. The van der Waals surface area contributed by atoms with E-state index in [1.165, 1.54) is 16.3 Å². The third kappa shape index (κ3) is 4.51. The van der Waals surface area contributed by atoms with E-state index in [0.29, 0.717) is 10.6 Å². The van der Waals surface area contributed by atoms with Crippen molar-refractivity contribution in [2.75, 3.05) is 7.05 Å². The van der Waals surface area contributed by atoms with Crippen molar-refractivity contribution in [2.45, 2.75) is 4.90 Å². The zero-order valence-corrected chi connectivity index (χ0v) is 12.8. The molecule has 0 spiro atoms. The molecule has 0 heterocycles. The second-order valence-electron chi connectivity index (χ2n) is 4.17. The van der Waals surface area contributed by atoms with Crippen LogP contribution in [0.3, 0.4) is 0 Å². The Hall–Kier alpha value is -1.98. The van der Waals surface area contributed by atoms with Crippen molar-refractivity contribution in [3.8, 4) is 0 Å². The molecule has 2 aromatic carbocycles. The molecular weight excluding hydrogens is 308 g/mol. The number of halogens is 1. The van der Waals surface area contributed by atoms with Gasteiger partial charge in [0, 0.05) is 22.5 Å². The first kappa shape index (κ1) is 15.4. The van der Waals surface area contributed by atoms with E-state index in [2.05, 4.69) is 5.32 Å². The van der Waals surface area contributed by atoms with Gasteiger partial charge in [-0.05, 0) is 48.3 Å². The molecule has 0 saturated carbocycles. The van der Waals surface area contributed by atoms with Gasteiger partial charge in [-0.3, -0.25) is 14.4 Å². The van der Waals surface area contributed by atoms with Crippen LogP contribution in [0.4, 0.5) is 4.79 Å². The lowest BCUT2D eigenvalue weighted by Crippen LogP contribution is -2.37. The summed E-state index contributed by atoms with van der Waals surface area (Å²) >= 11 is 6.99. The highest BCUT2D eigenvalue weighted by Gasteiger charge is 2.15. The topological polar surface area (TPSA) is 49.4 Å². The lowest BCUT2D eigenvalue weighted by atomic mass is 10.2. The maximum absolute atomic E-state index is 11.9. The first-order valence-electron chi connectivity index (χ1n) is 6.14. The van der Waals surface area contributed by atoms with Gasteiger partial charge in [0.1, 0.15) is 0 Å². The van der Waals surface area contributed by atoms with Gasteiger partial charge in [0.15, 0.2) is 0 Å². The minimum Gasteiger partial charge on any atom is -0.273 e. The number of hydrogen-bond acceptors (Lipinski definition) is 3. The van der Waals surface area contributed by atoms with Crippen molar-refractivity contribution in [3.05, 3.63) is 65.2 Å². The molecule has 0 radical (unpaired) electrons. The van der Waals surface area contributed by atoms with E-state index in [-0.39, 0.29) is 0 Å². The van der Waals surface area contributed by atoms with E-state index in [1.54, 1.807) is 31.3 Å². The third-order valence-electron chi connectivity index (χ3n) is 2.60. The minimum atomic E-state index is -0.483. The fraction of sp³-hybridized carbons (Fsp3) is 0.0667. The Morgan fingerprint density at radius 2 is 1.67 bits per heavy atom. The highest BCUT2D eigenvalue weighted by molar-refractivity contribution is 7.97. The van der Waals surface area contributed by atoms with Gasteiger partial charge in [0.05, 0.1) is 0 Å². The van der Waals surface area contributed by atoms with Crippen LogP contribution < -0.4 is 5.32 Å². The number of carbonyl (C=O) groups excluding carboxylic acids is 2. The van der Waals surface area contributed by atoms with Gasteiger partial charge in [-0.25, -0.2) is 4.79 Å². The molecule has 108 valence electrons. The Bertz CT molecular complexity index is 632. The summed E-state index contributed by atoms with van der Waals surface area (Å²) in [4.78, 5) is 24.8. The molecule has 0 aliphatic heterocycles. The number of amides is 3. The molecule has 2 rings (SSSR count). The fourth-order valence-corrected chi connectivity index (χ4v) is 2.38. The van der Waals surface area contributed by atoms with Crippen LogP contribution in [0.25, 0.3) is 0 Å². The second kappa shape index (κ2) is 7.15. The van der Waals surface area contributed by atoms with Crippen molar-refractivity contribution in [3.63, 3.8) is 0 Å². The molecule has 4 nitrogen and oxygen atoms in total. The van der Waals surface area contributed by atoms with E-state index in [9.17, 15) is 9.59 Å². The molecule has 0 aromatic heterocycles. The smallest absolute Gasteiger partial charge is 0.273 e. The maximum atomic E-state index is 11.9. The predicted octanol–water partition coefficient (Wildman–Crippen LogP) is 3.83. The standard InChI is InChI=1S/C15H13ClN2O2S/c1-18(21-13-5-3-2-4-6-13)15(20)17-14(19)11-7-9-12(16)10-8-11/h2-10H,1H3,(H,17,19,20). The second-order valence-corrected chi connectivity index (χ2v) is 5.81. The van der Waals surface area contributed by atoms with E-state index < -0.39 is 11.9 Å². The zero-order chi connectivity index (χ0) is 15.2. The molecule has 0 aliphatic rings. The maximum Gasteiger partial charge on any atom is 0.334 e. The van der Waals surface area contributed by atoms with Gasteiger partial charge >= 0.3 is 6.03 Å². The average Bonchev–Trinajstić information content (AvgIpc) is 2.48. The lowest BCUT2D eigenvalue weighted by molar-refractivity contribution is 0.0961. The molecule has 3 amide bonds. The van der Waals surface area contributed by atoms with Gasteiger partial charge in [0.25, 0.3) is 5.91 Å².